The highest BCUT2D eigenvalue weighted by Gasteiger charge is 2.39. The number of anilines is 2. The van der Waals surface area contributed by atoms with E-state index in [-0.39, 0.29) is 0 Å². The highest BCUT2D eigenvalue weighted by Crippen LogP contribution is 2.34. The highest BCUT2D eigenvalue weighted by molar-refractivity contribution is 7.98. The lowest BCUT2D eigenvalue weighted by atomic mass is 9.85. The van der Waals surface area contributed by atoms with Crippen LogP contribution in [-0.4, -0.2) is 27.9 Å². The van der Waals surface area contributed by atoms with Gasteiger partial charge < -0.3 is 15.8 Å². The Kier molecular flexibility index (Phi) is 7.34. The van der Waals surface area contributed by atoms with Crippen molar-refractivity contribution in [3.63, 3.8) is 0 Å². The van der Waals surface area contributed by atoms with Crippen LogP contribution in [0.2, 0.25) is 0 Å². The third kappa shape index (κ3) is 5.21. The number of hydrogen-bond donors (Lipinski definition) is 2. The van der Waals surface area contributed by atoms with Crippen molar-refractivity contribution in [3.8, 4) is 5.75 Å². The number of carbonyl (C=O) groups is 1. The lowest BCUT2D eigenvalue weighted by Crippen LogP contribution is -2.48. The molecule has 2 aromatic heterocycles. The maximum atomic E-state index is 13.9. The molecule has 0 aliphatic heterocycles. The van der Waals surface area contributed by atoms with Crippen molar-refractivity contribution in [1.82, 2.24) is 9.97 Å². The van der Waals surface area contributed by atoms with E-state index in [2.05, 4.69) is 23.5 Å². The predicted octanol–water partition coefficient (Wildman–Crippen LogP) is 8.35. The molecule has 0 fully saturated rings. The Bertz CT molecular complexity index is 2170. The van der Waals surface area contributed by atoms with E-state index < -0.39 is 11.5 Å². The van der Waals surface area contributed by atoms with Crippen LogP contribution in [0.25, 0.3) is 43.6 Å². The molecule has 6 nitrogen and oxygen atoms in total. The Morgan fingerprint density at radius 2 is 1.34 bits per heavy atom. The van der Waals surface area contributed by atoms with Gasteiger partial charge in [0.1, 0.15) is 11.3 Å². The number of ether oxygens (including phenoxy) is 1. The van der Waals surface area contributed by atoms with E-state index in [0.29, 0.717) is 23.5 Å². The summed E-state index contributed by atoms with van der Waals surface area (Å²) in [6, 6.07) is 39.4. The van der Waals surface area contributed by atoms with Crippen molar-refractivity contribution in [2.24, 2.45) is 5.73 Å². The molecule has 1 unspecified atom stereocenters. The molecular formula is C37H30N4O2S. The lowest BCUT2D eigenvalue weighted by Gasteiger charge is -2.29. The van der Waals surface area contributed by atoms with Crippen LogP contribution in [0.15, 0.2) is 121 Å². The van der Waals surface area contributed by atoms with Crippen LogP contribution >= 0.6 is 11.8 Å². The molecule has 1 atom stereocenters. The standard InChI is InChI=1S/C37H30N4O2S/c1-44-21-20-37(38,30-10-6-13-33-28(30)22-24-8-2-4-11-31(24)40-33)36(42)43-27-18-16-26(17-19-27)39-34-14-7-15-35-29(34)23-25-9-3-5-12-32(25)41-35/h2-19,22-23,39H,20-21,38H2,1H3. The monoisotopic (exact) mass is 594 g/mol. The Morgan fingerprint density at radius 3 is 2.02 bits per heavy atom. The average Bonchev–Trinajstić information content (AvgIpc) is 3.06. The molecule has 7 aromatic rings. The van der Waals surface area contributed by atoms with E-state index in [1.54, 1.807) is 23.9 Å². The van der Waals surface area contributed by atoms with E-state index in [1.807, 2.05) is 97.3 Å². The molecule has 0 saturated carbocycles. The number of fused-ring (bicyclic) bond motifs is 4. The number of esters is 1. The fourth-order valence-electron chi connectivity index (χ4n) is 5.67. The fraction of sp³-hybridized carbons (Fsp3) is 0.108. The first-order chi connectivity index (χ1) is 21.5. The number of pyridine rings is 2. The number of nitrogens with one attached hydrogen (secondary N) is 1. The molecule has 2 heterocycles. The second-order valence-electron chi connectivity index (χ2n) is 10.9. The van der Waals surface area contributed by atoms with Crippen LogP contribution in [0.5, 0.6) is 5.75 Å². The molecule has 0 saturated heterocycles. The molecular weight excluding hydrogens is 565 g/mol. The minimum atomic E-state index is -1.36. The summed E-state index contributed by atoms with van der Waals surface area (Å²) >= 11 is 1.64. The molecule has 5 aromatic carbocycles. The summed E-state index contributed by atoms with van der Waals surface area (Å²) < 4.78 is 5.96. The number of thioether (sulfide) groups is 1. The summed E-state index contributed by atoms with van der Waals surface area (Å²) in [5.74, 6) is 0.620. The van der Waals surface area contributed by atoms with E-state index in [9.17, 15) is 4.79 Å². The molecule has 216 valence electrons. The normalized spacial score (nSPS) is 12.9. The van der Waals surface area contributed by atoms with Crippen molar-refractivity contribution in [1.29, 1.82) is 0 Å². The van der Waals surface area contributed by atoms with Gasteiger partial charge in [0.15, 0.2) is 0 Å². The third-order valence-corrected chi connectivity index (χ3v) is 8.62. The predicted molar refractivity (Wildman–Crippen MR) is 183 cm³/mol. The van der Waals surface area contributed by atoms with Crippen LogP contribution < -0.4 is 15.8 Å². The van der Waals surface area contributed by atoms with Crippen LogP contribution in [-0.2, 0) is 10.3 Å². The summed E-state index contributed by atoms with van der Waals surface area (Å²) in [6.45, 7) is 0. The maximum absolute atomic E-state index is 13.9. The van der Waals surface area contributed by atoms with Crippen LogP contribution in [0.3, 0.4) is 0 Å². The molecule has 0 amide bonds. The number of aromatic nitrogens is 2. The van der Waals surface area contributed by atoms with E-state index in [1.165, 1.54) is 0 Å². The van der Waals surface area contributed by atoms with Crippen molar-refractivity contribution < 1.29 is 9.53 Å². The first-order valence-corrected chi connectivity index (χ1v) is 15.9. The molecule has 0 radical (unpaired) electrons. The average molecular weight is 595 g/mol. The van der Waals surface area contributed by atoms with E-state index >= 15 is 0 Å². The van der Waals surface area contributed by atoms with Gasteiger partial charge in [0.05, 0.1) is 22.1 Å². The van der Waals surface area contributed by atoms with Crippen molar-refractivity contribution >= 4 is 72.7 Å². The minimum Gasteiger partial charge on any atom is -0.425 e. The zero-order valence-electron chi connectivity index (χ0n) is 24.2. The SMILES string of the molecule is CSCCC(N)(C(=O)Oc1ccc(Nc2cccc3nc4ccccc4cc23)cc1)c1cccc2nc3ccccc3cc12. The molecule has 7 rings (SSSR count). The number of rotatable bonds is 8. The molecule has 44 heavy (non-hydrogen) atoms. The summed E-state index contributed by atoms with van der Waals surface area (Å²) in [5.41, 5.74) is 11.7. The number of hydrogen-bond acceptors (Lipinski definition) is 7. The number of benzene rings is 5. The van der Waals surface area contributed by atoms with Gasteiger partial charge in [-0.2, -0.15) is 11.8 Å². The van der Waals surface area contributed by atoms with Gasteiger partial charge in [-0.1, -0.05) is 54.6 Å². The number of nitrogens with zero attached hydrogens (tertiary/aromatic N) is 2. The molecule has 0 spiro atoms. The Morgan fingerprint density at radius 1 is 0.750 bits per heavy atom. The summed E-state index contributed by atoms with van der Waals surface area (Å²) in [4.78, 5) is 23.5. The molecule has 0 aliphatic rings. The second-order valence-corrected chi connectivity index (χ2v) is 11.8. The van der Waals surface area contributed by atoms with Gasteiger partial charge in [-0.15, -0.1) is 0 Å². The van der Waals surface area contributed by atoms with Crippen molar-refractivity contribution in [2.75, 3.05) is 17.3 Å². The first kappa shape index (κ1) is 27.8. The number of nitrogens with two attached hydrogens (primary N) is 1. The van der Waals surface area contributed by atoms with Gasteiger partial charge in [-0.05, 0) is 90.7 Å². The number of carbonyl (C=O) groups excluding carboxylic acids is 1. The Hall–Kier alpha value is -4.98. The number of para-hydroxylation sites is 2. The van der Waals surface area contributed by atoms with E-state index in [4.69, 9.17) is 20.4 Å². The van der Waals surface area contributed by atoms with Gasteiger partial charge in [0.2, 0.25) is 0 Å². The zero-order valence-corrected chi connectivity index (χ0v) is 25.0. The molecule has 7 heteroatoms. The van der Waals surface area contributed by atoms with Gasteiger partial charge in [0.25, 0.3) is 0 Å². The smallest absolute Gasteiger partial charge is 0.336 e. The quantitative estimate of drug-likeness (QED) is 0.104. The van der Waals surface area contributed by atoms with Crippen LogP contribution in [0.4, 0.5) is 11.4 Å². The molecule has 0 aliphatic carbocycles. The largest absolute Gasteiger partial charge is 0.425 e. The topological polar surface area (TPSA) is 90.1 Å². The van der Waals surface area contributed by atoms with Gasteiger partial charge in [0, 0.05) is 32.9 Å². The fourth-order valence-corrected chi connectivity index (χ4v) is 6.19. The van der Waals surface area contributed by atoms with Crippen LogP contribution in [0, 0.1) is 0 Å². The summed E-state index contributed by atoms with van der Waals surface area (Å²) in [7, 11) is 0. The van der Waals surface area contributed by atoms with Crippen molar-refractivity contribution in [3.05, 3.63) is 127 Å². The second kappa shape index (κ2) is 11.6. The van der Waals surface area contributed by atoms with Gasteiger partial charge in [-0.25, -0.2) is 14.8 Å². The van der Waals surface area contributed by atoms with Gasteiger partial charge in [-0.3, -0.25) is 0 Å². The first-order valence-electron chi connectivity index (χ1n) is 14.5. The Balaban J connectivity index is 1.17. The zero-order chi connectivity index (χ0) is 30.1. The lowest BCUT2D eigenvalue weighted by molar-refractivity contribution is -0.141. The molecule has 0 bridgehead atoms. The summed E-state index contributed by atoms with van der Waals surface area (Å²) in [5, 5.41) is 7.45. The van der Waals surface area contributed by atoms with Gasteiger partial charge >= 0.3 is 5.97 Å². The molecule has 3 N–H and O–H groups in total. The van der Waals surface area contributed by atoms with E-state index in [0.717, 1.165) is 55.0 Å². The van der Waals surface area contributed by atoms with Crippen molar-refractivity contribution in [2.45, 2.75) is 12.0 Å². The summed E-state index contributed by atoms with van der Waals surface area (Å²) in [6.07, 6.45) is 2.42. The Labute approximate surface area is 259 Å². The highest BCUT2D eigenvalue weighted by atomic mass is 32.2. The van der Waals surface area contributed by atoms with Crippen LogP contribution in [0.1, 0.15) is 12.0 Å². The minimum absolute atomic E-state index is 0.419. The maximum Gasteiger partial charge on any atom is 0.336 e. The third-order valence-electron chi connectivity index (χ3n) is 8.01.